The average molecular weight is 276 g/mol. The minimum absolute atomic E-state index is 0.284. The molecule has 4 nitrogen and oxygen atoms in total. The molecule has 0 fully saturated rings. The van der Waals surface area contributed by atoms with E-state index in [2.05, 4.69) is 12.3 Å². The topological polar surface area (TPSA) is 64.3 Å². The first kappa shape index (κ1) is 13.6. The van der Waals surface area contributed by atoms with E-state index in [0.29, 0.717) is 11.5 Å². The molecule has 0 bridgehead atoms. The van der Waals surface area contributed by atoms with Crippen LogP contribution in [0.15, 0.2) is 29.6 Å². The van der Waals surface area contributed by atoms with Crippen LogP contribution >= 0.6 is 11.3 Å². The van der Waals surface area contributed by atoms with Crippen molar-refractivity contribution in [2.24, 2.45) is 5.84 Å². The molecule has 2 aromatic rings. The van der Waals surface area contributed by atoms with Gasteiger partial charge in [0.15, 0.2) is 0 Å². The lowest BCUT2D eigenvalue weighted by Crippen LogP contribution is -2.30. The van der Waals surface area contributed by atoms with Crippen LogP contribution in [0.2, 0.25) is 0 Å². The Morgan fingerprint density at radius 2 is 2.11 bits per heavy atom. The Hall–Kier alpha value is -1.85. The molecule has 100 valence electrons. The molecule has 1 heterocycles. The highest BCUT2D eigenvalue weighted by Crippen LogP contribution is 2.21. The second kappa shape index (κ2) is 5.86. The van der Waals surface area contributed by atoms with E-state index in [4.69, 9.17) is 10.6 Å². The second-order valence-electron chi connectivity index (χ2n) is 4.28. The Balaban J connectivity index is 2.08. The summed E-state index contributed by atoms with van der Waals surface area (Å²) in [7, 11) is 0. The highest BCUT2D eigenvalue weighted by molar-refractivity contribution is 7.12. The number of carbonyl (C=O) groups excluding carboxylic acids is 1. The number of nitrogens with one attached hydrogen (secondary N) is 1. The predicted octanol–water partition coefficient (Wildman–Crippen LogP) is 2.55. The van der Waals surface area contributed by atoms with Crippen LogP contribution in [-0.4, -0.2) is 5.91 Å². The summed E-state index contributed by atoms with van der Waals surface area (Å²) in [6, 6.07) is 7.81. The van der Waals surface area contributed by atoms with Crippen LogP contribution in [0.1, 0.15) is 26.4 Å². The molecule has 0 saturated heterocycles. The van der Waals surface area contributed by atoms with E-state index >= 15 is 0 Å². The average Bonchev–Trinajstić information content (AvgIpc) is 2.87. The predicted molar refractivity (Wildman–Crippen MR) is 76.2 cm³/mol. The molecule has 0 aliphatic carbocycles. The van der Waals surface area contributed by atoms with Crippen molar-refractivity contribution >= 4 is 17.2 Å². The molecule has 5 heteroatoms. The van der Waals surface area contributed by atoms with Crippen molar-refractivity contribution in [1.82, 2.24) is 5.43 Å². The number of hydrogen-bond acceptors (Lipinski definition) is 4. The van der Waals surface area contributed by atoms with E-state index in [1.165, 1.54) is 22.5 Å². The summed E-state index contributed by atoms with van der Waals surface area (Å²) >= 11 is 1.35. The maximum absolute atomic E-state index is 11.5. The number of benzene rings is 1. The second-order valence-corrected chi connectivity index (χ2v) is 5.20. The van der Waals surface area contributed by atoms with Crippen LogP contribution in [0.4, 0.5) is 0 Å². The lowest BCUT2D eigenvalue weighted by atomic mass is 10.1. The van der Waals surface area contributed by atoms with E-state index in [-0.39, 0.29) is 5.91 Å². The number of carbonyl (C=O) groups is 1. The summed E-state index contributed by atoms with van der Waals surface area (Å²) < 4.78 is 5.71. The van der Waals surface area contributed by atoms with E-state index in [1.54, 1.807) is 0 Å². The van der Waals surface area contributed by atoms with Crippen LogP contribution in [0.3, 0.4) is 0 Å². The Morgan fingerprint density at radius 1 is 1.32 bits per heavy atom. The zero-order valence-corrected chi connectivity index (χ0v) is 11.7. The monoisotopic (exact) mass is 276 g/mol. The number of amides is 1. The Morgan fingerprint density at radius 3 is 2.79 bits per heavy atom. The summed E-state index contributed by atoms with van der Waals surface area (Å²) in [6.07, 6.45) is 0. The van der Waals surface area contributed by atoms with Crippen molar-refractivity contribution in [3.05, 3.63) is 51.2 Å². The van der Waals surface area contributed by atoms with Crippen molar-refractivity contribution < 1.29 is 9.53 Å². The number of nitrogens with two attached hydrogens (primary N) is 1. The third kappa shape index (κ3) is 3.13. The standard InChI is InChI=1S/C14H16N2O2S/c1-9-3-4-12(7-10(9)2)18-8-11-5-6-19-13(11)14(17)16-15/h3-7H,8,15H2,1-2H3,(H,16,17). The summed E-state index contributed by atoms with van der Waals surface area (Å²) in [5.41, 5.74) is 5.39. The first-order valence-corrected chi connectivity index (χ1v) is 6.77. The number of ether oxygens (including phenoxy) is 1. The van der Waals surface area contributed by atoms with Gasteiger partial charge in [0, 0.05) is 5.56 Å². The molecule has 0 atom stereocenters. The number of aryl methyl sites for hydroxylation is 2. The highest BCUT2D eigenvalue weighted by atomic mass is 32.1. The fraction of sp³-hybridized carbons (Fsp3) is 0.214. The number of hydrogen-bond donors (Lipinski definition) is 2. The van der Waals surface area contributed by atoms with E-state index in [1.807, 2.05) is 36.6 Å². The minimum Gasteiger partial charge on any atom is -0.489 e. The van der Waals surface area contributed by atoms with Gasteiger partial charge in [-0.3, -0.25) is 10.2 Å². The number of rotatable bonds is 4. The van der Waals surface area contributed by atoms with E-state index in [0.717, 1.165) is 11.3 Å². The molecule has 0 aliphatic heterocycles. The number of thiophene rings is 1. The minimum atomic E-state index is -0.284. The third-order valence-electron chi connectivity index (χ3n) is 2.96. The molecule has 0 aliphatic rings. The fourth-order valence-corrected chi connectivity index (χ4v) is 2.49. The van der Waals surface area contributed by atoms with E-state index in [9.17, 15) is 4.79 Å². The van der Waals surface area contributed by atoms with Gasteiger partial charge >= 0.3 is 0 Å². The summed E-state index contributed by atoms with van der Waals surface area (Å²) in [5, 5.41) is 1.85. The molecular weight excluding hydrogens is 260 g/mol. The molecule has 2 rings (SSSR count). The van der Waals surface area contributed by atoms with Crippen molar-refractivity contribution in [3.8, 4) is 5.75 Å². The van der Waals surface area contributed by atoms with Crippen LogP contribution in [-0.2, 0) is 6.61 Å². The molecule has 0 saturated carbocycles. The summed E-state index contributed by atoms with van der Waals surface area (Å²) in [4.78, 5) is 12.1. The van der Waals surface area contributed by atoms with E-state index < -0.39 is 0 Å². The van der Waals surface area contributed by atoms with Crippen LogP contribution in [0.5, 0.6) is 5.75 Å². The number of hydrazine groups is 1. The summed E-state index contributed by atoms with van der Waals surface area (Å²) in [6.45, 7) is 4.45. The van der Waals surface area contributed by atoms with Gasteiger partial charge in [0.1, 0.15) is 12.4 Å². The lowest BCUT2D eigenvalue weighted by molar-refractivity contribution is 0.0955. The maximum atomic E-state index is 11.5. The maximum Gasteiger partial charge on any atom is 0.275 e. The molecular formula is C14H16N2O2S. The van der Waals surface area contributed by atoms with Gasteiger partial charge in [-0.25, -0.2) is 5.84 Å². The normalized spacial score (nSPS) is 10.3. The molecule has 3 N–H and O–H groups in total. The van der Waals surface area contributed by atoms with Crippen LogP contribution < -0.4 is 16.0 Å². The molecule has 1 aromatic heterocycles. The van der Waals surface area contributed by atoms with Gasteiger partial charge in [-0.05, 0) is 48.6 Å². The third-order valence-corrected chi connectivity index (χ3v) is 3.91. The quantitative estimate of drug-likeness (QED) is 0.512. The lowest BCUT2D eigenvalue weighted by Gasteiger charge is -2.08. The van der Waals surface area contributed by atoms with Crippen molar-refractivity contribution in [2.75, 3.05) is 0 Å². The van der Waals surface area contributed by atoms with Crippen molar-refractivity contribution in [2.45, 2.75) is 20.5 Å². The van der Waals surface area contributed by atoms with Gasteiger partial charge in [-0.2, -0.15) is 0 Å². The molecule has 0 unspecified atom stereocenters. The SMILES string of the molecule is Cc1ccc(OCc2ccsc2C(=O)NN)cc1C. The number of nitrogen functional groups attached to an aromatic ring is 1. The Kier molecular flexibility index (Phi) is 4.19. The van der Waals surface area contributed by atoms with Gasteiger partial charge in [-0.15, -0.1) is 11.3 Å². The zero-order chi connectivity index (χ0) is 13.8. The first-order valence-electron chi connectivity index (χ1n) is 5.89. The van der Waals surface area contributed by atoms with Gasteiger partial charge in [0.25, 0.3) is 5.91 Å². The summed E-state index contributed by atoms with van der Waals surface area (Å²) in [5.74, 6) is 5.66. The van der Waals surface area contributed by atoms with Crippen molar-refractivity contribution in [3.63, 3.8) is 0 Å². The smallest absolute Gasteiger partial charge is 0.275 e. The van der Waals surface area contributed by atoms with Gasteiger partial charge < -0.3 is 4.74 Å². The van der Waals surface area contributed by atoms with Gasteiger partial charge in [-0.1, -0.05) is 6.07 Å². The zero-order valence-electron chi connectivity index (χ0n) is 10.9. The van der Waals surface area contributed by atoms with Crippen LogP contribution in [0, 0.1) is 13.8 Å². The fourth-order valence-electron chi connectivity index (χ4n) is 1.68. The highest BCUT2D eigenvalue weighted by Gasteiger charge is 2.12. The van der Waals surface area contributed by atoms with Crippen molar-refractivity contribution in [1.29, 1.82) is 0 Å². The first-order chi connectivity index (χ1) is 9.11. The molecule has 0 spiro atoms. The largest absolute Gasteiger partial charge is 0.489 e. The molecule has 0 radical (unpaired) electrons. The van der Waals surface area contributed by atoms with Gasteiger partial charge in [0.05, 0.1) is 4.88 Å². The van der Waals surface area contributed by atoms with Gasteiger partial charge in [0.2, 0.25) is 0 Å². The molecule has 1 aromatic carbocycles. The van der Waals surface area contributed by atoms with Crippen LogP contribution in [0.25, 0.3) is 0 Å². The Bertz CT molecular complexity index is 593. The molecule has 19 heavy (non-hydrogen) atoms. The molecule has 1 amide bonds. The Labute approximate surface area is 116 Å².